The molecule has 5 nitrogen and oxygen atoms in total. The largest absolute Gasteiger partial charge is 0.490 e. The zero-order valence-corrected chi connectivity index (χ0v) is 14.8. The summed E-state index contributed by atoms with van der Waals surface area (Å²) in [6.07, 6.45) is 0.606. The van der Waals surface area contributed by atoms with Gasteiger partial charge in [0.1, 0.15) is 0 Å². The third kappa shape index (κ3) is 4.77. The van der Waals surface area contributed by atoms with Crippen LogP contribution in [0.4, 0.5) is 10.1 Å². The zero-order valence-electron chi connectivity index (χ0n) is 13.8. The Hall–Kier alpha value is -1.47. The summed E-state index contributed by atoms with van der Waals surface area (Å²) in [6, 6.07) is 3.91. The van der Waals surface area contributed by atoms with Crippen LogP contribution in [0.5, 0.6) is 5.75 Å². The third-order valence-electron chi connectivity index (χ3n) is 3.95. The summed E-state index contributed by atoms with van der Waals surface area (Å²) in [5.74, 6) is -1.03. The van der Waals surface area contributed by atoms with Crippen molar-refractivity contribution in [1.29, 1.82) is 0 Å². The summed E-state index contributed by atoms with van der Waals surface area (Å²) in [4.78, 5) is 9.89. The molecule has 0 atom stereocenters. The first-order valence-corrected chi connectivity index (χ1v) is 10.2. The van der Waals surface area contributed by atoms with Crippen molar-refractivity contribution in [2.24, 2.45) is 0 Å². The second kappa shape index (κ2) is 7.19. The number of nitrogens with zero attached hydrogens (tertiary/aromatic N) is 1. The van der Waals surface area contributed by atoms with E-state index in [2.05, 4.69) is 33.9 Å². The maximum absolute atomic E-state index is 13.8. The Labute approximate surface area is 131 Å². The maximum atomic E-state index is 13.8. The Balaban J connectivity index is 2.47. The van der Waals surface area contributed by atoms with E-state index in [0.29, 0.717) is 13.0 Å². The maximum Gasteiger partial charge on any atom is 0.308 e. The molecule has 124 valence electrons. The van der Waals surface area contributed by atoms with Gasteiger partial charge in [0.15, 0.2) is 14.1 Å². The molecule has 1 aromatic rings. The number of halogens is 1. The van der Waals surface area contributed by atoms with Crippen molar-refractivity contribution in [3.05, 3.63) is 34.1 Å². The van der Waals surface area contributed by atoms with Crippen LogP contribution < -0.4 is 4.74 Å². The van der Waals surface area contributed by atoms with Gasteiger partial charge in [-0.25, -0.2) is 0 Å². The number of hydrogen-bond acceptors (Lipinski definition) is 4. The van der Waals surface area contributed by atoms with E-state index in [1.54, 1.807) is 0 Å². The van der Waals surface area contributed by atoms with Gasteiger partial charge in [0.2, 0.25) is 5.82 Å². The van der Waals surface area contributed by atoms with Crippen molar-refractivity contribution in [2.45, 2.75) is 45.3 Å². The summed E-state index contributed by atoms with van der Waals surface area (Å²) in [7, 11) is -1.79. The van der Waals surface area contributed by atoms with Crippen LogP contribution in [-0.2, 0) is 4.43 Å². The monoisotopic (exact) mass is 329 g/mol. The van der Waals surface area contributed by atoms with Gasteiger partial charge < -0.3 is 9.16 Å². The minimum absolute atomic E-state index is 0.0958. The minimum atomic E-state index is -1.79. The van der Waals surface area contributed by atoms with Crippen LogP contribution in [-0.4, -0.2) is 26.5 Å². The first kappa shape index (κ1) is 18.6. The van der Waals surface area contributed by atoms with Crippen LogP contribution in [0.1, 0.15) is 27.2 Å². The molecule has 0 saturated carbocycles. The predicted molar refractivity (Wildman–Crippen MR) is 86.3 cm³/mol. The van der Waals surface area contributed by atoms with Crippen LogP contribution in [0.3, 0.4) is 0 Å². The lowest BCUT2D eigenvalue weighted by molar-refractivity contribution is -0.387. The Morgan fingerprint density at radius 2 is 1.91 bits per heavy atom. The van der Waals surface area contributed by atoms with E-state index in [-0.39, 0.29) is 17.4 Å². The van der Waals surface area contributed by atoms with Crippen molar-refractivity contribution in [3.8, 4) is 5.75 Å². The number of nitro groups is 1. The topological polar surface area (TPSA) is 61.6 Å². The molecule has 0 unspecified atom stereocenters. The molecule has 0 amide bonds. The highest BCUT2D eigenvalue weighted by atomic mass is 28.4. The Kier molecular flexibility index (Phi) is 6.07. The summed E-state index contributed by atoms with van der Waals surface area (Å²) in [5, 5.41) is 10.8. The smallest absolute Gasteiger partial charge is 0.308 e. The third-order valence-corrected chi connectivity index (χ3v) is 8.49. The molecule has 7 heteroatoms. The highest BCUT2D eigenvalue weighted by Gasteiger charge is 2.36. The van der Waals surface area contributed by atoms with Crippen LogP contribution in [0.2, 0.25) is 18.1 Å². The zero-order chi connectivity index (χ0) is 17.0. The highest BCUT2D eigenvalue weighted by Crippen LogP contribution is 2.36. The predicted octanol–water partition coefficient (Wildman–Crippen LogP) is 4.52. The Morgan fingerprint density at radius 3 is 2.45 bits per heavy atom. The van der Waals surface area contributed by atoms with E-state index in [1.807, 2.05) is 0 Å². The number of nitro benzene ring substituents is 1. The van der Waals surface area contributed by atoms with Gasteiger partial charge in [-0.3, -0.25) is 10.1 Å². The summed E-state index contributed by atoms with van der Waals surface area (Å²) >= 11 is 0. The van der Waals surface area contributed by atoms with Crippen LogP contribution in [0, 0.1) is 15.9 Å². The van der Waals surface area contributed by atoms with Gasteiger partial charge in [-0.05, 0) is 24.2 Å². The molecule has 0 fully saturated rings. The second-order valence-corrected chi connectivity index (χ2v) is 11.5. The fourth-order valence-electron chi connectivity index (χ4n) is 1.54. The molecule has 0 bridgehead atoms. The summed E-state index contributed by atoms with van der Waals surface area (Å²) in [5.41, 5.74) is -0.574. The lowest BCUT2D eigenvalue weighted by Crippen LogP contribution is -2.41. The normalized spacial score (nSPS) is 12.3. The van der Waals surface area contributed by atoms with E-state index >= 15 is 0 Å². The fraction of sp³-hybridized carbons (Fsp3) is 0.600. The van der Waals surface area contributed by atoms with Crippen LogP contribution >= 0.6 is 0 Å². The molecule has 1 aromatic carbocycles. The van der Waals surface area contributed by atoms with Gasteiger partial charge in [0, 0.05) is 19.1 Å². The molecule has 0 N–H and O–H groups in total. The molecule has 0 aliphatic rings. The SMILES string of the molecule is CC(C)(C)[Si](C)(C)OCCCOc1cccc([N+](=O)[O-])c1F. The number of benzene rings is 1. The fourth-order valence-corrected chi connectivity index (χ4v) is 2.62. The number of ether oxygens (including phenoxy) is 1. The van der Waals surface area contributed by atoms with Crippen LogP contribution in [0.25, 0.3) is 0 Å². The molecule has 0 aromatic heterocycles. The lowest BCUT2D eigenvalue weighted by Gasteiger charge is -2.36. The molecule has 0 saturated heterocycles. The molecule has 0 radical (unpaired) electrons. The quantitative estimate of drug-likeness (QED) is 0.319. The molecule has 0 aliphatic heterocycles. The molecular weight excluding hydrogens is 305 g/mol. The van der Waals surface area contributed by atoms with Gasteiger partial charge in [-0.1, -0.05) is 26.8 Å². The standard InChI is InChI=1S/C15H24FNO4Si/c1-15(2,3)22(4,5)21-11-7-10-20-13-9-6-8-12(14(13)16)17(18)19/h6,8-9H,7,10-11H2,1-5H3. The summed E-state index contributed by atoms with van der Waals surface area (Å²) < 4.78 is 25.1. The van der Waals surface area contributed by atoms with Crippen molar-refractivity contribution in [2.75, 3.05) is 13.2 Å². The van der Waals surface area contributed by atoms with Crippen molar-refractivity contribution < 1.29 is 18.5 Å². The lowest BCUT2D eigenvalue weighted by atomic mass is 10.2. The van der Waals surface area contributed by atoms with E-state index in [0.717, 1.165) is 6.07 Å². The molecule has 0 heterocycles. The minimum Gasteiger partial charge on any atom is -0.490 e. The molecule has 1 rings (SSSR count). The average molecular weight is 329 g/mol. The average Bonchev–Trinajstić information content (AvgIpc) is 2.38. The molecule has 22 heavy (non-hydrogen) atoms. The van der Waals surface area contributed by atoms with E-state index in [1.165, 1.54) is 12.1 Å². The first-order chi connectivity index (χ1) is 10.1. The molecule has 0 aliphatic carbocycles. The second-order valence-electron chi connectivity index (χ2n) is 6.66. The van der Waals surface area contributed by atoms with E-state index < -0.39 is 24.7 Å². The van der Waals surface area contributed by atoms with Gasteiger partial charge in [0.25, 0.3) is 0 Å². The highest BCUT2D eigenvalue weighted by molar-refractivity contribution is 6.74. The van der Waals surface area contributed by atoms with Crippen LogP contribution in [0.15, 0.2) is 18.2 Å². The Bertz CT molecular complexity index is 529. The van der Waals surface area contributed by atoms with Crippen molar-refractivity contribution in [1.82, 2.24) is 0 Å². The van der Waals surface area contributed by atoms with Gasteiger partial charge >= 0.3 is 5.69 Å². The van der Waals surface area contributed by atoms with Gasteiger partial charge in [-0.2, -0.15) is 4.39 Å². The van der Waals surface area contributed by atoms with Gasteiger partial charge in [-0.15, -0.1) is 0 Å². The van der Waals surface area contributed by atoms with E-state index in [9.17, 15) is 14.5 Å². The molecule has 0 spiro atoms. The molecular formula is C15H24FNO4Si. The van der Waals surface area contributed by atoms with Crippen molar-refractivity contribution in [3.63, 3.8) is 0 Å². The van der Waals surface area contributed by atoms with Gasteiger partial charge in [0.05, 0.1) is 11.5 Å². The van der Waals surface area contributed by atoms with E-state index in [4.69, 9.17) is 9.16 Å². The number of rotatable bonds is 7. The summed E-state index contributed by atoms with van der Waals surface area (Å²) in [6.45, 7) is 11.6. The van der Waals surface area contributed by atoms with Crippen molar-refractivity contribution >= 4 is 14.0 Å². The first-order valence-electron chi connectivity index (χ1n) is 7.26. The number of hydrogen-bond donors (Lipinski definition) is 0. The Morgan fingerprint density at radius 1 is 1.27 bits per heavy atom.